The van der Waals surface area contributed by atoms with E-state index in [-0.39, 0.29) is 12.1 Å². The number of hydrogen-bond donors (Lipinski definition) is 4. The quantitative estimate of drug-likeness (QED) is 0.437. The fraction of sp³-hybridized carbons (Fsp3) is 0.286. The highest BCUT2D eigenvalue weighted by molar-refractivity contribution is 6.00. The number of aromatic nitrogens is 4. The Morgan fingerprint density at radius 1 is 1.07 bits per heavy atom. The van der Waals surface area contributed by atoms with Gasteiger partial charge in [0.15, 0.2) is 0 Å². The molecule has 1 aliphatic carbocycles. The second-order valence-electron chi connectivity index (χ2n) is 7.48. The van der Waals surface area contributed by atoms with E-state index in [4.69, 9.17) is 16.5 Å². The summed E-state index contributed by atoms with van der Waals surface area (Å²) in [5, 5.41) is 5.32. The largest absolute Gasteiger partial charge is 0.383 e. The van der Waals surface area contributed by atoms with Crippen molar-refractivity contribution in [1.29, 1.82) is 0 Å². The first kappa shape index (κ1) is 16.9. The average molecular weight is 373 g/mol. The van der Waals surface area contributed by atoms with Crippen molar-refractivity contribution in [1.82, 2.24) is 19.9 Å². The fourth-order valence-corrected chi connectivity index (χ4v) is 4.03. The zero-order chi connectivity index (χ0) is 19.1. The fourth-order valence-electron chi connectivity index (χ4n) is 4.03. The van der Waals surface area contributed by atoms with Gasteiger partial charge in [-0.25, -0.2) is 15.0 Å². The van der Waals surface area contributed by atoms with Crippen molar-refractivity contribution >= 4 is 33.6 Å². The lowest BCUT2D eigenvalue weighted by Gasteiger charge is -2.29. The van der Waals surface area contributed by atoms with E-state index in [9.17, 15) is 0 Å². The molecule has 2 unspecified atom stereocenters. The highest BCUT2D eigenvalue weighted by atomic mass is 15.1. The number of nitrogen functional groups attached to an aromatic ring is 1. The molecule has 142 valence electrons. The van der Waals surface area contributed by atoms with E-state index >= 15 is 0 Å². The highest BCUT2D eigenvalue weighted by Crippen LogP contribution is 2.31. The number of fused-ring (bicyclic) bond motifs is 2. The van der Waals surface area contributed by atoms with Gasteiger partial charge in [-0.05, 0) is 25.0 Å². The molecule has 7 nitrogen and oxygen atoms in total. The molecule has 2 atom stereocenters. The van der Waals surface area contributed by atoms with Crippen LogP contribution < -0.4 is 16.8 Å². The Labute approximate surface area is 162 Å². The number of nitrogens with two attached hydrogens (primary N) is 2. The highest BCUT2D eigenvalue weighted by Gasteiger charge is 2.22. The molecule has 1 aromatic carbocycles. The molecule has 6 N–H and O–H groups in total. The Kier molecular flexibility index (Phi) is 4.09. The maximum atomic E-state index is 6.27. The molecule has 0 spiro atoms. The molecule has 4 aromatic rings. The Balaban J connectivity index is 1.59. The maximum Gasteiger partial charge on any atom is 0.223 e. The standard InChI is InChI=1S/C21H23N7/c22-15-6-2-4-8-17(15)27-21-25-11-14-19(28-21)13(10-24-20(14)23)18-9-12-5-1-3-7-16(12)26-18/h1,3,5,7,9-11,15,17,26H,2,4,6,8,22H2,(H2,23,24)(H,25,27,28). The summed E-state index contributed by atoms with van der Waals surface area (Å²) in [5.74, 6) is 1.01. The summed E-state index contributed by atoms with van der Waals surface area (Å²) < 4.78 is 0. The minimum atomic E-state index is 0.128. The van der Waals surface area contributed by atoms with Gasteiger partial charge in [0, 0.05) is 40.9 Å². The Morgan fingerprint density at radius 3 is 2.79 bits per heavy atom. The van der Waals surface area contributed by atoms with Crippen LogP contribution in [0.1, 0.15) is 25.7 Å². The first-order valence-electron chi connectivity index (χ1n) is 9.70. The molecule has 5 rings (SSSR count). The molecule has 3 heterocycles. The van der Waals surface area contributed by atoms with E-state index in [2.05, 4.69) is 38.5 Å². The molecule has 0 radical (unpaired) electrons. The summed E-state index contributed by atoms with van der Waals surface area (Å²) >= 11 is 0. The minimum absolute atomic E-state index is 0.128. The van der Waals surface area contributed by atoms with Crippen LogP contribution in [0.25, 0.3) is 33.1 Å². The first-order chi connectivity index (χ1) is 13.7. The lowest BCUT2D eigenvalue weighted by atomic mass is 9.91. The van der Waals surface area contributed by atoms with E-state index in [1.807, 2.05) is 12.1 Å². The van der Waals surface area contributed by atoms with Gasteiger partial charge in [0.2, 0.25) is 5.95 Å². The summed E-state index contributed by atoms with van der Waals surface area (Å²) in [6.45, 7) is 0. The van der Waals surface area contributed by atoms with Gasteiger partial charge in [-0.2, -0.15) is 0 Å². The number of H-pyrrole nitrogens is 1. The van der Waals surface area contributed by atoms with Crippen LogP contribution in [0.5, 0.6) is 0 Å². The summed E-state index contributed by atoms with van der Waals surface area (Å²) in [4.78, 5) is 17.1. The third-order valence-corrected chi connectivity index (χ3v) is 5.61. The monoisotopic (exact) mass is 373 g/mol. The van der Waals surface area contributed by atoms with Crippen LogP contribution in [0.2, 0.25) is 0 Å². The first-order valence-corrected chi connectivity index (χ1v) is 9.70. The van der Waals surface area contributed by atoms with Gasteiger partial charge in [-0.1, -0.05) is 31.0 Å². The maximum absolute atomic E-state index is 6.27. The van der Waals surface area contributed by atoms with Crippen LogP contribution >= 0.6 is 0 Å². The summed E-state index contributed by atoms with van der Waals surface area (Å²) in [7, 11) is 0. The molecule has 7 heteroatoms. The Bertz CT molecular complexity index is 1120. The number of hydrogen-bond acceptors (Lipinski definition) is 6. The van der Waals surface area contributed by atoms with Crippen LogP contribution in [0.4, 0.5) is 11.8 Å². The number of para-hydroxylation sites is 1. The Morgan fingerprint density at radius 2 is 1.93 bits per heavy atom. The SMILES string of the molecule is Nc1ncc(-c2cc3ccccc3[nH]2)c2nc(NC3CCCCC3N)ncc12. The number of benzene rings is 1. The lowest BCUT2D eigenvalue weighted by Crippen LogP contribution is -2.42. The molecule has 0 aliphatic heterocycles. The van der Waals surface area contributed by atoms with Crippen LogP contribution in [-0.2, 0) is 0 Å². The zero-order valence-electron chi connectivity index (χ0n) is 15.5. The van der Waals surface area contributed by atoms with Gasteiger partial charge in [0.1, 0.15) is 5.82 Å². The summed E-state index contributed by atoms with van der Waals surface area (Å²) in [6, 6.07) is 10.6. The number of pyridine rings is 1. The second-order valence-corrected chi connectivity index (χ2v) is 7.48. The molecular formula is C21H23N7. The van der Waals surface area contributed by atoms with Crippen molar-refractivity contribution in [2.24, 2.45) is 5.73 Å². The second kappa shape index (κ2) is 6.76. The third-order valence-electron chi connectivity index (χ3n) is 5.61. The number of nitrogens with one attached hydrogen (secondary N) is 2. The number of nitrogens with zero attached hydrogens (tertiary/aromatic N) is 3. The third kappa shape index (κ3) is 2.93. The van der Waals surface area contributed by atoms with Crippen molar-refractivity contribution in [2.45, 2.75) is 37.8 Å². The lowest BCUT2D eigenvalue weighted by molar-refractivity contribution is 0.402. The van der Waals surface area contributed by atoms with Crippen molar-refractivity contribution < 1.29 is 0 Å². The molecule has 0 saturated heterocycles. The predicted octanol–water partition coefficient (Wildman–Crippen LogP) is 3.44. The molecule has 3 aromatic heterocycles. The summed E-state index contributed by atoms with van der Waals surface area (Å²) in [6.07, 6.45) is 7.94. The van der Waals surface area contributed by atoms with E-state index in [0.717, 1.165) is 45.9 Å². The number of anilines is 2. The van der Waals surface area contributed by atoms with Crippen molar-refractivity contribution in [2.75, 3.05) is 11.1 Å². The molecule has 28 heavy (non-hydrogen) atoms. The van der Waals surface area contributed by atoms with E-state index in [0.29, 0.717) is 11.8 Å². The van der Waals surface area contributed by atoms with Crippen LogP contribution in [0.15, 0.2) is 42.7 Å². The van der Waals surface area contributed by atoms with E-state index in [1.54, 1.807) is 12.4 Å². The molecule has 0 amide bonds. The van der Waals surface area contributed by atoms with Crippen molar-refractivity contribution in [3.63, 3.8) is 0 Å². The predicted molar refractivity (Wildman–Crippen MR) is 113 cm³/mol. The van der Waals surface area contributed by atoms with Gasteiger partial charge >= 0.3 is 0 Å². The van der Waals surface area contributed by atoms with Crippen LogP contribution in [-0.4, -0.2) is 32.0 Å². The molecule has 1 saturated carbocycles. The number of rotatable bonds is 3. The molecule has 1 aliphatic rings. The van der Waals surface area contributed by atoms with Gasteiger partial charge in [0.05, 0.1) is 16.6 Å². The average Bonchev–Trinajstić information content (AvgIpc) is 3.14. The molecule has 0 bridgehead atoms. The molecule has 1 fully saturated rings. The Hall–Kier alpha value is -3.19. The van der Waals surface area contributed by atoms with E-state index in [1.165, 1.54) is 12.8 Å². The smallest absolute Gasteiger partial charge is 0.223 e. The van der Waals surface area contributed by atoms with Crippen molar-refractivity contribution in [3.05, 3.63) is 42.7 Å². The topological polar surface area (TPSA) is 119 Å². The summed E-state index contributed by atoms with van der Waals surface area (Å²) in [5.41, 5.74) is 16.1. The van der Waals surface area contributed by atoms with Gasteiger partial charge in [-0.15, -0.1) is 0 Å². The minimum Gasteiger partial charge on any atom is -0.383 e. The van der Waals surface area contributed by atoms with Crippen LogP contribution in [0.3, 0.4) is 0 Å². The van der Waals surface area contributed by atoms with Gasteiger partial charge in [0.25, 0.3) is 0 Å². The van der Waals surface area contributed by atoms with Crippen LogP contribution in [0, 0.1) is 0 Å². The number of aromatic amines is 1. The van der Waals surface area contributed by atoms with E-state index < -0.39 is 0 Å². The zero-order valence-corrected chi connectivity index (χ0v) is 15.5. The normalized spacial score (nSPS) is 19.9. The van der Waals surface area contributed by atoms with Crippen molar-refractivity contribution in [3.8, 4) is 11.3 Å². The molecular weight excluding hydrogens is 350 g/mol. The van der Waals surface area contributed by atoms with Gasteiger partial charge in [-0.3, -0.25) is 0 Å². The van der Waals surface area contributed by atoms with Gasteiger partial charge < -0.3 is 21.8 Å².